The number of carbonyl (C=O) groups is 1. The molecule has 0 atom stereocenters. The molecule has 7 nitrogen and oxygen atoms in total. The van der Waals surface area contributed by atoms with Crippen LogP contribution in [-0.2, 0) is 6.54 Å². The number of anilines is 2. The number of benzene rings is 1. The highest BCUT2D eigenvalue weighted by Gasteiger charge is 2.25. The maximum atomic E-state index is 13.2. The lowest BCUT2D eigenvalue weighted by atomic mass is 10.1. The molecule has 0 aliphatic heterocycles. The van der Waals surface area contributed by atoms with E-state index >= 15 is 0 Å². The normalized spacial score (nSPS) is 11.0. The summed E-state index contributed by atoms with van der Waals surface area (Å²) in [7, 11) is 0. The summed E-state index contributed by atoms with van der Waals surface area (Å²) in [6.45, 7) is 8.76. The Morgan fingerprint density at radius 1 is 1.21 bits per heavy atom. The van der Waals surface area contributed by atoms with Crippen molar-refractivity contribution in [3.05, 3.63) is 56.2 Å². The molecule has 2 rings (SSSR count). The van der Waals surface area contributed by atoms with Gasteiger partial charge in [0.25, 0.3) is 11.5 Å². The number of aromatic nitrogens is 2. The molecule has 0 saturated carbocycles. The van der Waals surface area contributed by atoms with Crippen molar-refractivity contribution < 1.29 is 4.79 Å². The van der Waals surface area contributed by atoms with Crippen LogP contribution >= 0.6 is 0 Å². The van der Waals surface area contributed by atoms with Gasteiger partial charge < -0.3 is 10.6 Å². The fraction of sp³-hybridized carbons (Fsp3) is 0.476. The van der Waals surface area contributed by atoms with Crippen LogP contribution < -0.4 is 21.9 Å². The molecule has 0 bridgehead atoms. The molecule has 0 radical (unpaired) electrons. The Morgan fingerprint density at radius 2 is 1.86 bits per heavy atom. The van der Waals surface area contributed by atoms with E-state index in [1.54, 1.807) is 12.1 Å². The number of rotatable bonds is 8. The molecular formula is C21H30N4O3. The van der Waals surface area contributed by atoms with E-state index in [1.807, 2.05) is 39.8 Å². The van der Waals surface area contributed by atoms with Crippen LogP contribution in [0.5, 0.6) is 0 Å². The van der Waals surface area contributed by atoms with E-state index in [4.69, 9.17) is 5.73 Å². The number of aryl methyl sites for hydroxylation is 1. The number of nitrogens with two attached hydrogens (primary N) is 1. The lowest BCUT2D eigenvalue weighted by molar-refractivity contribution is 0.0985. The molecule has 1 amide bonds. The van der Waals surface area contributed by atoms with Crippen LogP contribution in [-0.4, -0.2) is 22.0 Å². The van der Waals surface area contributed by atoms with Gasteiger partial charge in [0.2, 0.25) is 0 Å². The van der Waals surface area contributed by atoms with Crippen LogP contribution in [0.1, 0.15) is 56.0 Å². The molecule has 0 unspecified atom stereocenters. The largest absolute Gasteiger partial charge is 0.383 e. The van der Waals surface area contributed by atoms with Gasteiger partial charge in [-0.15, -0.1) is 0 Å². The summed E-state index contributed by atoms with van der Waals surface area (Å²) in [5.41, 5.74) is 6.59. The summed E-state index contributed by atoms with van der Waals surface area (Å²) in [4.78, 5) is 41.8. The minimum atomic E-state index is -0.639. The number of aromatic amines is 1. The zero-order valence-corrected chi connectivity index (χ0v) is 17.1. The molecule has 0 fully saturated rings. The minimum absolute atomic E-state index is 0.0337. The van der Waals surface area contributed by atoms with Crippen molar-refractivity contribution in [2.75, 3.05) is 17.2 Å². The summed E-state index contributed by atoms with van der Waals surface area (Å²) >= 11 is 0. The maximum absolute atomic E-state index is 13.2. The van der Waals surface area contributed by atoms with Crippen molar-refractivity contribution in [3.63, 3.8) is 0 Å². The van der Waals surface area contributed by atoms with Gasteiger partial charge in [0.05, 0.1) is 0 Å². The van der Waals surface area contributed by atoms with Crippen LogP contribution in [0.15, 0.2) is 33.9 Å². The standard InChI is InChI=1S/C21H30N4O3/c1-5-6-12-25-18(22)17(19(26)23-21(25)28)24(13-11-14(2)3)20(27)16-9-7-15(4)8-10-16/h7-10,14H,5-6,11-13,22H2,1-4H3,(H,23,26,28). The van der Waals surface area contributed by atoms with Crippen LogP contribution in [0.3, 0.4) is 0 Å². The van der Waals surface area contributed by atoms with Gasteiger partial charge in [-0.1, -0.05) is 44.9 Å². The number of carbonyl (C=O) groups excluding carboxylic acids is 1. The molecule has 0 aliphatic carbocycles. The fourth-order valence-corrected chi connectivity index (χ4v) is 2.93. The molecular weight excluding hydrogens is 356 g/mol. The maximum Gasteiger partial charge on any atom is 0.330 e. The van der Waals surface area contributed by atoms with Crippen molar-refractivity contribution in [3.8, 4) is 0 Å². The van der Waals surface area contributed by atoms with Gasteiger partial charge in [0.1, 0.15) is 5.82 Å². The number of nitrogen functional groups attached to an aromatic ring is 1. The molecule has 1 aromatic heterocycles. The monoisotopic (exact) mass is 386 g/mol. The second-order valence-corrected chi connectivity index (χ2v) is 7.50. The van der Waals surface area contributed by atoms with E-state index in [2.05, 4.69) is 4.98 Å². The molecule has 0 spiro atoms. The lowest BCUT2D eigenvalue weighted by Gasteiger charge is -2.25. The lowest BCUT2D eigenvalue weighted by Crippen LogP contribution is -2.42. The first-order chi connectivity index (χ1) is 13.3. The van der Waals surface area contributed by atoms with E-state index in [0.29, 0.717) is 31.0 Å². The van der Waals surface area contributed by atoms with Gasteiger partial charge in [0.15, 0.2) is 5.69 Å². The van der Waals surface area contributed by atoms with E-state index < -0.39 is 11.2 Å². The van der Waals surface area contributed by atoms with Gasteiger partial charge in [-0.25, -0.2) is 4.79 Å². The van der Waals surface area contributed by atoms with Crippen LogP contribution in [0.2, 0.25) is 0 Å². The van der Waals surface area contributed by atoms with Gasteiger partial charge >= 0.3 is 5.69 Å². The number of hydrogen-bond donors (Lipinski definition) is 2. The topological polar surface area (TPSA) is 101 Å². The second-order valence-electron chi connectivity index (χ2n) is 7.50. The molecule has 0 saturated heterocycles. The quantitative estimate of drug-likeness (QED) is 0.728. The summed E-state index contributed by atoms with van der Waals surface area (Å²) in [6.07, 6.45) is 2.32. The first kappa shape index (κ1) is 21.5. The molecule has 1 aromatic carbocycles. The minimum Gasteiger partial charge on any atom is -0.383 e. The van der Waals surface area contributed by atoms with Crippen LogP contribution in [0, 0.1) is 12.8 Å². The van der Waals surface area contributed by atoms with Crippen molar-refractivity contribution in [2.45, 2.75) is 53.5 Å². The number of nitrogens with zero attached hydrogens (tertiary/aromatic N) is 2. The van der Waals surface area contributed by atoms with E-state index in [0.717, 1.165) is 18.4 Å². The zero-order chi connectivity index (χ0) is 20.8. The zero-order valence-electron chi connectivity index (χ0n) is 17.1. The van der Waals surface area contributed by atoms with Crippen molar-refractivity contribution in [2.24, 2.45) is 5.92 Å². The van der Waals surface area contributed by atoms with Gasteiger partial charge in [0, 0.05) is 18.7 Å². The molecule has 28 heavy (non-hydrogen) atoms. The van der Waals surface area contributed by atoms with E-state index in [9.17, 15) is 14.4 Å². The van der Waals surface area contributed by atoms with Crippen molar-refractivity contribution >= 4 is 17.4 Å². The van der Waals surface area contributed by atoms with Crippen LogP contribution in [0.4, 0.5) is 11.5 Å². The van der Waals surface area contributed by atoms with E-state index in [1.165, 1.54) is 9.47 Å². The summed E-state index contributed by atoms with van der Waals surface area (Å²) < 4.78 is 1.34. The van der Waals surface area contributed by atoms with Gasteiger partial charge in [-0.05, 0) is 37.8 Å². The molecule has 3 N–H and O–H groups in total. The smallest absolute Gasteiger partial charge is 0.330 e. The molecule has 152 valence electrons. The van der Waals surface area contributed by atoms with Gasteiger partial charge in [-0.2, -0.15) is 0 Å². The average Bonchev–Trinajstić information content (AvgIpc) is 2.64. The van der Waals surface area contributed by atoms with Crippen molar-refractivity contribution in [1.82, 2.24) is 9.55 Å². The number of unbranched alkanes of at least 4 members (excludes halogenated alkanes) is 1. The molecule has 0 aliphatic rings. The summed E-state index contributed by atoms with van der Waals surface area (Å²) in [5, 5.41) is 0. The number of amides is 1. The third-order valence-corrected chi connectivity index (χ3v) is 4.69. The highest BCUT2D eigenvalue weighted by molar-refractivity contribution is 6.07. The third-order valence-electron chi connectivity index (χ3n) is 4.69. The average molecular weight is 386 g/mol. The Morgan fingerprint density at radius 3 is 2.43 bits per heavy atom. The predicted octanol–water partition coefficient (Wildman–Crippen LogP) is 2.92. The van der Waals surface area contributed by atoms with Crippen LogP contribution in [0.25, 0.3) is 0 Å². The van der Waals surface area contributed by atoms with Gasteiger partial charge in [-0.3, -0.25) is 19.1 Å². The Hall–Kier alpha value is -2.83. The Labute approximate surface area is 165 Å². The molecule has 1 heterocycles. The second kappa shape index (κ2) is 9.39. The summed E-state index contributed by atoms with van der Waals surface area (Å²) in [6, 6.07) is 7.17. The van der Waals surface area contributed by atoms with E-state index in [-0.39, 0.29) is 17.4 Å². The Bertz CT molecular complexity index is 926. The number of H-pyrrole nitrogens is 1. The molecule has 2 aromatic rings. The predicted molar refractivity (Wildman–Crippen MR) is 113 cm³/mol. The highest BCUT2D eigenvalue weighted by Crippen LogP contribution is 2.21. The SMILES string of the molecule is CCCCn1c(N)c(N(CCC(C)C)C(=O)c2ccc(C)cc2)c(=O)[nH]c1=O. The first-order valence-electron chi connectivity index (χ1n) is 9.77. The highest BCUT2D eigenvalue weighted by atomic mass is 16.2. The number of nitrogens with one attached hydrogen (secondary N) is 1. The Balaban J connectivity index is 2.56. The fourth-order valence-electron chi connectivity index (χ4n) is 2.93. The molecule has 7 heteroatoms. The van der Waals surface area contributed by atoms with Crippen molar-refractivity contribution in [1.29, 1.82) is 0 Å². The third kappa shape index (κ3) is 4.91. The number of hydrogen-bond acceptors (Lipinski definition) is 4. The summed E-state index contributed by atoms with van der Waals surface area (Å²) in [5.74, 6) is 0.0598. The first-order valence-corrected chi connectivity index (χ1v) is 9.77. The Kier molecular flexibility index (Phi) is 7.20.